The van der Waals surface area contributed by atoms with Gasteiger partial charge in [-0.3, -0.25) is 14.5 Å². The average molecular weight is 464 g/mol. The minimum atomic E-state index is -0.147. The molecule has 0 spiro atoms. The molecule has 178 valence electrons. The molecule has 0 unspecified atom stereocenters. The van der Waals surface area contributed by atoms with Crippen molar-refractivity contribution in [3.63, 3.8) is 0 Å². The zero-order chi connectivity index (χ0) is 23.2. The number of carbonyl (C=O) groups excluding carboxylic acids is 1. The number of aromatic amines is 1. The highest BCUT2D eigenvalue weighted by atomic mass is 16.5. The lowest BCUT2D eigenvalue weighted by atomic mass is 10.2. The van der Waals surface area contributed by atoms with E-state index in [0.717, 1.165) is 73.9 Å². The van der Waals surface area contributed by atoms with Crippen molar-refractivity contribution in [2.24, 2.45) is 0 Å². The first-order chi connectivity index (χ1) is 16.5. The second kappa shape index (κ2) is 8.52. The predicted molar refractivity (Wildman–Crippen MR) is 126 cm³/mol. The van der Waals surface area contributed by atoms with E-state index < -0.39 is 0 Å². The van der Waals surface area contributed by atoms with E-state index in [2.05, 4.69) is 25.1 Å². The number of anilines is 1. The number of amides is 1. The van der Waals surface area contributed by atoms with Gasteiger partial charge in [-0.15, -0.1) is 0 Å². The van der Waals surface area contributed by atoms with Crippen LogP contribution in [0.1, 0.15) is 46.2 Å². The summed E-state index contributed by atoms with van der Waals surface area (Å²) in [7, 11) is 0. The minimum Gasteiger partial charge on any atom is -0.377 e. The molecule has 3 aliphatic rings. The van der Waals surface area contributed by atoms with Gasteiger partial charge in [0.05, 0.1) is 36.3 Å². The van der Waals surface area contributed by atoms with Crippen molar-refractivity contribution in [3.8, 4) is 0 Å². The van der Waals surface area contributed by atoms with Gasteiger partial charge >= 0.3 is 0 Å². The molecule has 3 fully saturated rings. The van der Waals surface area contributed by atoms with Gasteiger partial charge in [0.15, 0.2) is 0 Å². The highest BCUT2D eigenvalue weighted by Gasteiger charge is 2.27. The zero-order valence-electron chi connectivity index (χ0n) is 19.3. The highest BCUT2D eigenvalue weighted by molar-refractivity contribution is 5.93. The second-order valence-electron chi connectivity index (χ2n) is 9.55. The van der Waals surface area contributed by atoms with Gasteiger partial charge in [0, 0.05) is 50.6 Å². The number of ether oxygens (including phenoxy) is 1. The Kier molecular flexibility index (Phi) is 5.34. The number of nitrogens with zero attached hydrogens (tertiary/aromatic N) is 5. The summed E-state index contributed by atoms with van der Waals surface area (Å²) in [6.45, 7) is 7.41. The van der Waals surface area contributed by atoms with Crippen LogP contribution in [0.2, 0.25) is 0 Å². The Morgan fingerprint density at radius 1 is 1.21 bits per heavy atom. The number of rotatable bonds is 6. The normalized spacial score (nSPS) is 19.4. The van der Waals surface area contributed by atoms with Gasteiger partial charge < -0.3 is 19.9 Å². The molecular formula is C24H29N7O3. The van der Waals surface area contributed by atoms with E-state index in [4.69, 9.17) is 9.84 Å². The molecular weight excluding hydrogens is 434 g/mol. The lowest BCUT2D eigenvalue weighted by Gasteiger charge is -2.36. The van der Waals surface area contributed by atoms with Crippen LogP contribution >= 0.6 is 0 Å². The van der Waals surface area contributed by atoms with Gasteiger partial charge in [0.1, 0.15) is 11.3 Å². The first-order valence-electron chi connectivity index (χ1n) is 12.0. The van der Waals surface area contributed by atoms with Crippen LogP contribution in [-0.2, 0) is 11.3 Å². The van der Waals surface area contributed by atoms with Crippen LogP contribution in [0.5, 0.6) is 0 Å². The topological polar surface area (TPSA) is 108 Å². The maximum Gasteiger partial charge on any atom is 0.270 e. The molecule has 3 aromatic heterocycles. The summed E-state index contributed by atoms with van der Waals surface area (Å²) in [4.78, 5) is 36.9. The van der Waals surface area contributed by atoms with Crippen molar-refractivity contribution in [3.05, 3.63) is 57.4 Å². The third kappa shape index (κ3) is 4.19. The Balaban J connectivity index is 1.08. The fourth-order valence-corrected chi connectivity index (χ4v) is 4.75. The van der Waals surface area contributed by atoms with Gasteiger partial charge in [-0.25, -0.2) is 9.50 Å². The molecule has 6 rings (SSSR count). The summed E-state index contributed by atoms with van der Waals surface area (Å²) in [5, 5.41) is 7.64. The van der Waals surface area contributed by atoms with Crippen LogP contribution < -0.4 is 15.8 Å². The molecule has 0 aromatic carbocycles. The highest BCUT2D eigenvalue weighted by Crippen LogP contribution is 2.38. The maximum atomic E-state index is 12.4. The number of nitrogens with one attached hydrogen (secondary N) is 2. The summed E-state index contributed by atoms with van der Waals surface area (Å²) in [6.07, 6.45) is 4.08. The third-order valence-electron chi connectivity index (χ3n) is 6.93. The molecule has 34 heavy (non-hydrogen) atoms. The lowest BCUT2D eigenvalue weighted by molar-refractivity contribution is -0.00355. The summed E-state index contributed by atoms with van der Waals surface area (Å²) in [5.41, 5.74) is 4.95. The Labute approximate surface area is 196 Å². The van der Waals surface area contributed by atoms with Crippen LogP contribution in [0.4, 0.5) is 5.69 Å². The van der Waals surface area contributed by atoms with Crippen LogP contribution in [0.25, 0.3) is 5.65 Å². The SMILES string of the molecule is Cc1nc(C(=O)NC2COC2)ccc1N1CCN(Cc2cc3[nH]c(=O)c(C4CC4)cn3n2)CC1. The Bertz CT molecular complexity index is 1280. The van der Waals surface area contributed by atoms with Gasteiger partial charge in [0.25, 0.3) is 11.5 Å². The van der Waals surface area contributed by atoms with Crippen LogP contribution in [0.3, 0.4) is 0 Å². The number of pyridine rings is 1. The maximum absolute atomic E-state index is 12.4. The molecule has 1 aliphatic carbocycles. The van der Waals surface area contributed by atoms with E-state index >= 15 is 0 Å². The summed E-state index contributed by atoms with van der Waals surface area (Å²) in [5.74, 6) is 0.249. The summed E-state index contributed by atoms with van der Waals surface area (Å²) in [6, 6.07) is 5.87. The fourth-order valence-electron chi connectivity index (χ4n) is 4.75. The van der Waals surface area contributed by atoms with Crippen molar-refractivity contribution < 1.29 is 9.53 Å². The van der Waals surface area contributed by atoms with Gasteiger partial charge in [-0.1, -0.05) is 0 Å². The van der Waals surface area contributed by atoms with Crippen LogP contribution in [0.15, 0.2) is 29.2 Å². The average Bonchev–Trinajstić information content (AvgIpc) is 3.57. The van der Waals surface area contributed by atoms with E-state index in [-0.39, 0.29) is 17.5 Å². The molecule has 1 saturated carbocycles. The number of fused-ring (bicyclic) bond motifs is 1. The Morgan fingerprint density at radius 3 is 2.68 bits per heavy atom. The summed E-state index contributed by atoms with van der Waals surface area (Å²) >= 11 is 0. The van der Waals surface area contributed by atoms with Crippen LogP contribution in [0, 0.1) is 6.92 Å². The number of hydrogen-bond acceptors (Lipinski definition) is 7. The molecule has 0 radical (unpaired) electrons. The number of aryl methyl sites for hydroxylation is 1. The molecule has 2 saturated heterocycles. The van der Waals surface area contributed by atoms with E-state index in [1.165, 1.54) is 0 Å². The smallest absolute Gasteiger partial charge is 0.270 e. The number of H-pyrrole nitrogens is 1. The minimum absolute atomic E-state index is 0.0135. The molecule has 2 N–H and O–H groups in total. The van der Waals surface area contributed by atoms with Crippen molar-refractivity contribution in [1.82, 2.24) is 29.8 Å². The van der Waals surface area contributed by atoms with E-state index in [0.29, 0.717) is 24.8 Å². The van der Waals surface area contributed by atoms with Crippen LogP contribution in [-0.4, -0.2) is 75.8 Å². The number of carbonyl (C=O) groups is 1. The lowest BCUT2D eigenvalue weighted by Crippen LogP contribution is -2.48. The quantitative estimate of drug-likeness (QED) is 0.563. The monoisotopic (exact) mass is 463 g/mol. The van der Waals surface area contributed by atoms with Gasteiger partial charge in [-0.05, 0) is 37.8 Å². The van der Waals surface area contributed by atoms with E-state index in [9.17, 15) is 9.59 Å². The standard InChI is InChI=1S/C24H29N7O3/c1-15-21(5-4-20(25-15)24(33)26-18-13-34-14-18)30-8-6-29(7-9-30)11-17-10-22-27-23(32)19(16-2-3-16)12-31(22)28-17/h4-5,10,12,16,18H,2-3,6-9,11,13-14H2,1H3,(H,26,33)(H,27,32). The Hall–Kier alpha value is -3.24. The number of aromatic nitrogens is 4. The molecule has 1 amide bonds. The van der Waals surface area contributed by atoms with Crippen molar-refractivity contribution in [2.45, 2.75) is 38.3 Å². The molecule has 10 heteroatoms. The van der Waals surface area contributed by atoms with Crippen molar-refractivity contribution in [2.75, 3.05) is 44.3 Å². The van der Waals surface area contributed by atoms with Gasteiger partial charge in [0.2, 0.25) is 0 Å². The summed E-state index contributed by atoms with van der Waals surface area (Å²) < 4.78 is 6.92. The molecule has 0 bridgehead atoms. The zero-order valence-corrected chi connectivity index (χ0v) is 19.3. The number of hydrogen-bond donors (Lipinski definition) is 2. The van der Waals surface area contributed by atoms with Gasteiger partial charge in [-0.2, -0.15) is 5.10 Å². The molecule has 5 heterocycles. The van der Waals surface area contributed by atoms with Crippen molar-refractivity contribution in [1.29, 1.82) is 0 Å². The first-order valence-corrected chi connectivity index (χ1v) is 12.0. The predicted octanol–water partition coefficient (Wildman–Crippen LogP) is 1.05. The second-order valence-corrected chi connectivity index (χ2v) is 9.55. The van der Waals surface area contributed by atoms with Crippen molar-refractivity contribution >= 4 is 17.2 Å². The molecule has 2 aliphatic heterocycles. The fraction of sp³-hybridized carbons (Fsp3) is 0.500. The third-order valence-corrected chi connectivity index (χ3v) is 6.93. The van der Waals surface area contributed by atoms with E-state index in [1.807, 2.05) is 29.8 Å². The van der Waals surface area contributed by atoms with E-state index in [1.54, 1.807) is 6.07 Å². The largest absolute Gasteiger partial charge is 0.377 e. The molecule has 10 nitrogen and oxygen atoms in total. The molecule has 0 atom stereocenters. The molecule has 3 aromatic rings. The first kappa shape index (κ1) is 21.3. The number of piperazine rings is 1. The Morgan fingerprint density at radius 2 is 2.00 bits per heavy atom.